The van der Waals surface area contributed by atoms with Crippen molar-refractivity contribution in [3.8, 4) is 5.75 Å². The van der Waals surface area contributed by atoms with Crippen LogP contribution in [0.4, 0.5) is 14.5 Å². The Morgan fingerprint density at radius 1 is 1.50 bits per heavy atom. The van der Waals surface area contributed by atoms with Gasteiger partial charge in [0, 0.05) is 6.20 Å². The van der Waals surface area contributed by atoms with Gasteiger partial charge in [0.25, 0.3) is 6.43 Å². The molecule has 0 saturated carbocycles. The van der Waals surface area contributed by atoms with E-state index in [0.29, 0.717) is 0 Å². The lowest BCUT2D eigenvalue weighted by Gasteiger charge is -2.09. The molecule has 1 aromatic heterocycles. The predicted octanol–water partition coefficient (Wildman–Crippen LogP) is 1.72. The molecule has 0 N–H and O–H groups in total. The minimum atomic E-state index is -3.16. The van der Waals surface area contributed by atoms with E-state index in [9.17, 15) is 23.7 Å². The fourth-order valence-corrected chi connectivity index (χ4v) is 1.30. The van der Waals surface area contributed by atoms with Crippen LogP contribution in [0.15, 0.2) is 6.20 Å². The average molecular weight is 262 g/mol. The van der Waals surface area contributed by atoms with Crippen molar-refractivity contribution in [2.45, 2.75) is 6.43 Å². The monoisotopic (exact) mass is 262 g/mol. The first-order valence-corrected chi connectivity index (χ1v) is 4.51. The quantitative estimate of drug-likeness (QED) is 0.466. The molecular weight excluding hydrogens is 254 g/mol. The second-order valence-corrected chi connectivity index (χ2v) is 2.99. The van der Waals surface area contributed by atoms with E-state index in [1.54, 1.807) is 0 Å². The molecule has 0 fully saturated rings. The van der Waals surface area contributed by atoms with Gasteiger partial charge in [0.05, 0.1) is 19.1 Å². The highest BCUT2D eigenvalue weighted by molar-refractivity contribution is 5.93. The van der Waals surface area contributed by atoms with Crippen LogP contribution in [-0.2, 0) is 4.74 Å². The van der Waals surface area contributed by atoms with E-state index in [1.165, 1.54) is 0 Å². The lowest BCUT2D eigenvalue weighted by molar-refractivity contribution is -0.387. The van der Waals surface area contributed by atoms with Crippen LogP contribution in [0.5, 0.6) is 5.75 Å². The average Bonchev–Trinajstić information content (AvgIpc) is 2.35. The third kappa shape index (κ3) is 2.34. The van der Waals surface area contributed by atoms with Crippen molar-refractivity contribution in [2.75, 3.05) is 14.2 Å². The van der Waals surface area contributed by atoms with Crippen LogP contribution >= 0.6 is 0 Å². The lowest BCUT2D eigenvalue weighted by atomic mass is 10.2. The minimum Gasteiger partial charge on any atom is -0.489 e. The maximum atomic E-state index is 12.6. The first-order valence-electron chi connectivity index (χ1n) is 4.51. The molecule has 0 radical (unpaired) electrons. The maximum Gasteiger partial charge on any atom is 0.343 e. The highest BCUT2D eigenvalue weighted by Gasteiger charge is 2.33. The Balaban J connectivity index is 3.58. The molecular formula is C9H8F2N2O5. The first kappa shape index (κ1) is 13.7. The number of rotatable bonds is 4. The van der Waals surface area contributed by atoms with Crippen molar-refractivity contribution >= 4 is 11.7 Å². The Bertz CT molecular complexity index is 492. The van der Waals surface area contributed by atoms with Crippen molar-refractivity contribution in [2.24, 2.45) is 0 Å². The summed E-state index contributed by atoms with van der Waals surface area (Å²) >= 11 is 0. The number of esters is 1. The van der Waals surface area contributed by atoms with Gasteiger partial charge in [-0.15, -0.1) is 0 Å². The summed E-state index contributed by atoms with van der Waals surface area (Å²) in [4.78, 5) is 24.2. The molecule has 0 bridgehead atoms. The third-order valence-corrected chi connectivity index (χ3v) is 2.03. The van der Waals surface area contributed by atoms with E-state index in [4.69, 9.17) is 0 Å². The van der Waals surface area contributed by atoms with Gasteiger partial charge in [-0.2, -0.15) is 0 Å². The van der Waals surface area contributed by atoms with Crippen LogP contribution < -0.4 is 4.74 Å². The lowest BCUT2D eigenvalue weighted by Crippen LogP contribution is -2.10. The molecule has 0 amide bonds. The fourth-order valence-electron chi connectivity index (χ4n) is 1.30. The van der Waals surface area contributed by atoms with Gasteiger partial charge >= 0.3 is 11.7 Å². The molecule has 0 aliphatic carbocycles. The smallest absolute Gasteiger partial charge is 0.343 e. The standard InChI is InChI=1S/C9H8F2N2O5/c1-17-7-4(9(14)18-2)3-12-5(8(10)11)6(7)13(15)16/h3,8H,1-2H3. The van der Waals surface area contributed by atoms with Crippen LogP contribution in [0.25, 0.3) is 0 Å². The number of alkyl halides is 2. The number of carbonyl (C=O) groups is 1. The Morgan fingerprint density at radius 2 is 2.11 bits per heavy atom. The van der Waals surface area contributed by atoms with Crippen LogP contribution in [-0.4, -0.2) is 30.1 Å². The van der Waals surface area contributed by atoms with Crippen LogP contribution in [0.3, 0.4) is 0 Å². The number of methoxy groups -OCH3 is 2. The molecule has 9 heteroatoms. The number of aromatic nitrogens is 1. The molecule has 0 atom stereocenters. The molecule has 98 valence electrons. The summed E-state index contributed by atoms with van der Waals surface area (Å²) in [5.74, 6) is -1.57. The van der Waals surface area contributed by atoms with E-state index in [1.807, 2.05) is 0 Å². The Kier molecular flexibility index (Phi) is 4.08. The highest BCUT2D eigenvalue weighted by atomic mass is 19.3. The number of carbonyl (C=O) groups excluding carboxylic acids is 1. The Morgan fingerprint density at radius 3 is 2.50 bits per heavy atom. The molecule has 1 aromatic rings. The normalized spacial score (nSPS) is 10.3. The van der Waals surface area contributed by atoms with Crippen LogP contribution in [0.1, 0.15) is 22.5 Å². The minimum absolute atomic E-state index is 0.392. The highest BCUT2D eigenvalue weighted by Crippen LogP contribution is 2.37. The van der Waals surface area contributed by atoms with Crippen LogP contribution in [0.2, 0.25) is 0 Å². The number of nitro groups is 1. The van der Waals surface area contributed by atoms with E-state index < -0.39 is 40.0 Å². The van der Waals surface area contributed by atoms with Gasteiger partial charge in [-0.05, 0) is 0 Å². The topological polar surface area (TPSA) is 91.6 Å². The molecule has 0 spiro atoms. The molecule has 1 rings (SSSR count). The van der Waals surface area contributed by atoms with Crippen molar-refractivity contribution in [3.63, 3.8) is 0 Å². The van der Waals surface area contributed by atoms with Crippen molar-refractivity contribution in [1.29, 1.82) is 0 Å². The summed E-state index contributed by atoms with van der Waals surface area (Å²) in [7, 11) is 2.05. The van der Waals surface area contributed by atoms with E-state index in [2.05, 4.69) is 14.5 Å². The van der Waals surface area contributed by atoms with E-state index >= 15 is 0 Å². The van der Waals surface area contributed by atoms with Gasteiger partial charge in [-0.1, -0.05) is 0 Å². The van der Waals surface area contributed by atoms with Gasteiger partial charge < -0.3 is 9.47 Å². The Hall–Kier alpha value is -2.32. The largest absolute Gasteiger partial charge is 0.489 e. The molecule has 7 nitrogen and oxygen atoms in total. The van der Waals surface area contributed by atoms with Gasteiger partial charge in [0.1, 0.15) is 5.56 Å². The molecule has 0 saturated heterocycles. The molecule has 1 heterocycles. The second-order valence-electron chi connectivity index (χ2n) is 2.99. The van der Waals surface area contributed by atoms with Gasteiger partial charge in [-0.3, -0.25) is 10.1 Å². The summed E-state index contributed by atoms with van der Waals surface area (Å²) in [6.45, 7) is 0. The summed E-state index contributed by atoms with van der Waals surface area (Å²) in [5, 5.41) is 10.8. The molecule has 18 heavy (non-hydrogen) atoms. The van der Waals surface area contributed by atoms with Crippen LogP contribution in [0, 0.1) is 10.1 Å². The maximum absolute atomic E-state index is 12.6. The summed E-state index contributed by atoms with van der Waals surface area (Å²) in [6, 6.07) is 0. The van der Waals surface area contributed by atoms with Gasteiger partial charge in [0.15, 0.2) is 5.69 Å². The second kappa shape index (κ2) is 5.34. The van der Waals surface area contributed by atoms with Gasteiger partial charge in [-0.25, -0.2) is 18.6 Å². The third-order valence-electron chi connectivity index (χ3n) is 2.03. The Labute approximate surface area is 99.5 Å². The number of nitrogens with zero attached hydrogens (tertiary/aromatic N) is 2. The SMILES string of the molecule is COC(=O)c1cnc(C(F)F)c([N+](=O)[O-])c1OC. The molecule has 0 aliphatic rings. The van der Waals surface area contributed by atoms with E-state index in [0.717, 1.165) is 20.4 Å². The van der Waals surface area contributed by atoms with Crippen molar-refractivity contribution in [3.05, 3.63) is 27.6 Å². The zero-order valence-electron chi connectivity index (χ0n) is 9.35. The fraction of sp³-hybridized carbons (Fsp3) is 0.333. The number of hydrogen-bond acceptors (Lipinski definition) is 6. The number of ether oxygens (including phenoxy) is 2. The van der Waals surface area contributed by atoms with E-state index in [-0.39, 0.29) is 0 Å². The zero-order valence-corrected chi connectivity index (χ0v) is 9.35. The predicted molar refractivity (Wildman–Crippen MR) is 53.7 cm³/mol. The zero-order chi connectivity index (χ0) is 13.9. The van der Waals surface area contributed by atoms with Crippen molar-refractivity contribution in [1.82, 2.24) is 4.98 Å². The molecule has 0 aromatic carbocycles. The summed E-state index contributed by atoms with van der Waals surface area (Å²) in [6.07, 6.45) is -2.41. The first-order chi connectivity index (χ1) is 8.43. The molecule has 0 unspecified atom stereocenters. The summed E-state index contributed by atoms with van der Waals surface area (Å²) < 4.78 is 34.1. The number of pyridine rings is 1. The number of halogens is 2. The summed E-state index contributed by atoms with van der Waals surface area (Å²) in [5.41, 5.74) is -2.50. The number of hydrogen-bond donors (Lipinski definition) is 0. The van der Waals surface area contributed by atoms with Crippen molar-refractivity contribution < 1.29 is 28.0 Å². The van der Waals surface area contributed by atoms with Gasteiger partial charge in [0.2, 0.25) is 5.75 Å². The molecule has 0 aliphatic heterocycles.